The fourth-order valence-electron chi connectivity index (χ4n) is 4.47. The van der Waals surface area contributed by atoms with Crippen LogP contribution in [0.25, 0.3) is 11.1 Å². The summed E-state index contributed by atoms with van der Waals surface area (Å²) in [5, 5.41) is 5.12. The molecule has 1 aliphatic heterocycles. The van der Waals surface area contributed by atoms with Crippen molar-refractivity contribution in [2.45, 2.75) is 44.8 Å². The number of carbonyl (C=O) groups excluding carboxylic acids is 1. The van der Waals surface area contributed by atoms with E-state index in [4.69, 9.17) is 4.74 Å². The molecule has 0 N–H and O–H groups in total. The number of nitrogens with zero attached hydrogens (tertiary/aromatic N) is 2. The van der Waals surface area contributed by atoms with Gasteiger partial charge in [0.1, 0.15) is 23.6 Å². The quantitative estimate of drug-likeness (QED) is 0.264. The van der Waals surface area contributed by atoms with Gasteiger partial charge in [0.15, 0.2) is 0 Å². The lowest BCUT2D eigenvalue weighted by Crippen LogP contribution is -2.40. The monoisotopic (exact) mass is 498 g/mol. The van der Waals surface area contributed by atoms with Crippen LogP contribution in [0.5, 0.6) is 5.75 Å². The zero-order valence-corrected chi connectivity index (χ0v) is 20.2. The summed E-state index contributed by atoms with van der Waals surface area (Å²) >= 11 is 0. The van der Waals surface area contributed by atoms with Gasteiger partial charge in [-0.1, -0.05) is 30.3 Å². The Morgan fingerprint density at radius 1 is 1.08 bits per heavy atom. The molecule has 1 heterocycles. The second kappa shape index (κ2) is 9.76. The molecule has 8 heteroatoms. The van der Waals surface area contributed by atoms with Crippen LogP contribution in [0.15, 0.2) is 65.8 Å². The highest BCUT2D eigenvalue weighted by Gasteiger charge is 2.48. The van der Waals surface area contributed by atoms with Gasteiger partial charge in [-0.2, -0.15) is 18.3 Å². The number of aryl methyl sites for hydroxylation is 1. The van der Waals surface area contributed by atoms with Crippen molar-refractivity contribution in [3.8, 4) is 16.9 Å². The number of hydrogen-bond acceptors (Lipinski definition) is 4. The van der Waals surface area contributed by atoms with Crippen LogP contribution in [-0.2, 0) is 11.2 Å². The van der Waals surface area contributed by atoms with Gasteiger partial charge < -0.3 is 9.53 Å². The zero-order valence-electron chi connectivity index (χ0n) is 20.2. The van der Waals surface area contributed by atoms with Crippen molar-refractivity contribution in [1.29, 1.82) is 0 Å². The minimum absolute atomic E-state index is 0.0722. The number of methoxy groups -OCH3 is 1. The lowest BCUT2D eigenvalue weighted by molar-refractivity contribution is -0.108. The second-order valence-electron chi connectivity index (χ2n) is 9.23. The first kappa shape index (κ1) is 25.4. The van der Waals surface area contributed by atoms with Crippen LogP contribution in [0.2, 0.25) is 0 Å². The molecule has 1 aliphatic rings. The number of alkyl halides is 3. The third-order valence-corrected chi connectivity index (χ3v) is 6.53. The predicted molar refractivity (Wildman–Crippen MR) is 132 cm³/mol. The van der Waals surface area contributed by atoms with E-state index in [1.54, 1.807) is 31.2 Å². The molecule has 0 radical (unpaired) electrons. The molecule has 4 nitrogen and oxygen atoms in total. The molecule has 0 aliphatic carbocycles. The Morgan fingerprint density at radius 2 is 1.81 bits per heavy atom. The van der Waals surface area contributed by atoms with E-state index in [1.807, 2.05) is 37.3 Å². The number of aldehydes is 1. The molecule has 0 spiro atoms. The van der Waals surface area contributed by atoms with E-state index >= 15 is 0 Å². The third kappa shape index (κ3) is 5.12. The molecule has 1 unspecified atom stereocenters. The highest BCUT2D eigenvalue weighted by molar-refractivity contribution is 5.94. The first-order chi connectivity index (χ1) is 17.0. The molecular weight excluding hydrogens is 472 g/mol. The Labute approximate surface area is 207 Å². The molecule has 36 heavy (non-hydrogen) atoms. The molecule has 0 bridgehead atoms. The highest BCUT2D eigenvalue weighted by Crippen LogP contribution is 2.39. The van der Waals surface area contributed by atoms with Crippen molar-refractivity contribution in [2.24, 2.45) is 5.10 Å². The number of halogens is 4. The van der Waals surface area contributed by atoms with Crippen LogP contribution < -0.4 is 9.75 Å². The van der Waals surface area contributed by atoms with Gasteiger partial charge >= 0.3 is 6.18 Å². The predicted octanol–water partition coefficient (Wildman–Crippen LogP) is 6.88. The van der Waals surface area contributed by atoms with E-state index in [0.29, 0.717) is 29.7 Å². The standard InChI is InChI=1S/C28H26F4N2O2/c1-18-14-21(24-16-23(36-3)10-11-25(24)29)7-6-20(18)15-19-4-8-22(9-5-19)34-27(2,12-13-35)17-26(33-34)28(30,31)32/h4-11,13-14,16H,12,15,17H2,1-3H3. The van der Waals surface area contributed by atoms with E-state index in [-0.39, 0.29) is 18.7 Å². The molecular formula is C28H26F4N2O2. The van der Waals surface area contributed by atoms with Crippen molar-refractivity contribution in [3.63, 3.8) is 0 Å². The molecule has 0 fully saturated rings. The maximum Gasteiger partial charge on any atom is 0.431 e. The van der Waals surface area contributed by atoms with Gasteiger partial charge in [-0.25, -0.2) is 4.39 Å². The van der Waals surface area contributed by atoms with Gasteiger partial charge in [-0.05, 0) is 72.9 Å². The van der Waals surface area contributed by atoms with E-state index in [0.717, 1.165) is 22.3 Å². The number of anilines is 1. The van der Waals surface area contributed by atoms with Crippen molar-refractivity contribution in [2.75, 3.05) is 12.1 Å². The van der Waals surface area contributed by atoms with Gasteiger partial charge in [0.05, 0.1) is 18.3 Å². The lowest BCUT2D eigenvalue weighted by atomic mass is 9.91. The van der Waals surface area contributed by atoms with Gasteiger partial charge in [0.25, 0.3) is 0 Å². The van der Waals surface area contributed by atoms with E-state index < -0.39 is 17.4 Å². The van der Waals surface area contributed by atoms with Crippen LogP contribution in [-0.4, -0.2) is 30.8 Å². The molecule has 188 valence electrons. The number of benzene rings is 3. The molecule has 3 aromatic carbocycles. The number of ether oxygens (including phenoxy) is 1. The van der Waals surface area contributed by atoms with Crippen LogP contribution in [0.3, 0.4) is 0 Å². The first-order valence-electron chi connectivity index (χ1n) is 11.4. The van der Waals surface area contributed by atoms with Gasteiger partial charge in [-0.15, -0.1) is 0 Å². The Kier molecular flexibility index (Phi) is 6.89. The number of carbonyl (C=O) groups is 1. The van der Waals surface area contributed by atoms with Crippen molar-refractivity contribution >= 4 is 17.7 Å². The van der Waals surface area contributed by atoms with Crippen molar-refractivity contribution in [1.82, 2.24) is 0 Å². The average Bonchev–Trinajstić information content (AvgIpc) is 3.19. The summed E-state index contributed by atoms with van der Waals surface area (Å²) in [6.45, 7) is 3.56. The molecule has 0 aromatic heterocycles. The van der Waals surface area contributed by atoms with Gasteiger partial charge in [-0.3, -0.25) is 5.01 Å². The average molecular weight is 499 g/mol. The molecule has 4 rings (SSSR count). The zero-order chi connectivity index (χ0) is 26.1. The Balaban J connectivity index is 1.56. The molecule has 3 aromatic rings. The van der Waals surface area contributed by atoms with Crippen molar-refractivity contribution in [3.05, 3.63) is 83.2 Å². The van der Waals surface area contributed by atoms with E-state index in [9.17, 15) is 22.4 Å². The summed E-state index contributed by atoms with van der Waals surface area (Å²) in [6.07, 6.45) is -3.75. The number of rotatable bonds is 7. The van der Waals surface area contributed by atoms with Crippen LogP contribution in [0.4, 0.5) is 23.2 Å². The lowest BCUT2D eigenvalue weighted by Gasteiger charge is -2.32. The molecule has 1 atom stereocenters. The molecule has 0 saturated carbocycles. The fourth-order valence-corrected chi connectivity index (χ4v) is 4.47. The highest BCUT2D eigenvalue weighted by atomic mass is 19.4. The maximum absolute atomic E-state index is 14.4. The minimum Gasteiger partial charge on any atom is -0.497 e. The summed E-state index contributed by atoms with van der Waals surface area (Å²) in [4.78, 5) is 11.2. The Bertz CT molecular complexity index is 1300. The second-order valence-corrected chi connectivity index (χ2v) is 9.23. The summed E-state index contributed by atoms with van der Waals surface area (Å²) in [5.74, 6) is 0.237. The summed E-state index contributed by atoms with van der Waals surface area (Å²) in [6, 6.07) is 17.4. The third-order valence-electron chi connectivity index (χ3n) is 6.53. The largest absolute Gasteiger partial charge is 0.497 e. The van der Waals surface area contributed by atoms with Crippen LogP contribution in [0.1, 0.15) is 36.5 Å². The molecule has 0 saturated heterocycles. The van der Waals surface area contributed by atoms with E-state index in [1.165, 1.54) is 18.2 Å². The van der Waals surface area contributed by atoms with Crippen LogP contribution in [0, 0.1) is 12.7 Å². The fraction of sp³-hybridized carbons (Fsp3) is 0.286. The minimum atomic E-state index is -4.55. The molecule has 0 amide bonds. The SMILES string of the molecule is COc1ccc(F)c(-c2ccc(Cc3ccc(N4N=C(C(F)(F)F)CC4(C)CC=O)cc3)c(C)c2)c1. The first-order valence-corrected chi connectivity index (χ1v) is 11.4. The topological polar surface area (TPSA) is 41.9 Å². The normalized spacial score (nSPS) is 17.8. The Hall–Kier alpha value is -3.68. The van der Waals surface area contributed by atoms with Gasteiger partial charge in [0.2, 0.25) is 0 Å². The van der Waals surface area contributed by atoms with Gasteiger partial charge in [0, 0.05) is 18.4 Å². The smallest absolute Gasteiger partial charge is 0.431 e. The Morgan fingerprint density at radius 3 is 2.42 bits per heavy atom. The number of hydrogen-bond donors (Lipinski definition) is 0. The van der Waals surface area contributed by atoms with Crippen molar-refractivity contribution < 1.29 is 27.1 Å². The maximum atomic E-state index is 14.4. The van der Waals surface area contributed by atoms with Crippen LogP contribution >= 0.6 is 0 Å². The van der Waals surface area contributed by atoms with E-state index in [2.05, 4.69) is 5.10 Å². The number of hydrazone groups is 1. The summed E-state index contributed by atoms with van der Waals surface area (Å²) < 4.78 is 59.5. The summed E-state index contributed by atoms with van der Waals surface area (Å²) in [5.41, 5.74) is 2.70. The summed E-state index contributed by atoms with van der Waals surface area (Å²) in [7, 11) is 1.53.